The van der Waals surface area contributed by atoms with Gasteiger partial charge in [-0.1, -0.05) is 11.6 Å². The first-order valence-corrected chi connectivity index (χ1v) is 8.75. The second-order valence-electron chi connectivity index (χ2n) is 6.18. The van der Waals surface area contributed by atoms with Crippen LogP contribution in [-0.4, -0.2) is 40.3 Å². The summed E-state index contributed by atoms with van der Waals surface area (Å²) in [5.41, 5.74) is -1.28. The molecule has 7 nitrogen and oxygen atoms in total. The Morgan fingerprint density at radius 2 is 2.00 bits per heavy atom. The topological polar surface area (TPSA) is 87.3 Å². The van der Waals surface area contributed by atoms with Crippen molar-refractivity contribution in [1.29, 1.82) is 0 Å². The van der Waals surface area contributed by atoms with Gasteiger partial charge in [0.1, 0.15) is 17.5 Å². The van der Waals surface area contributed by atoms with E-state index in [9.17, 15) is 22.8 Å². The zero-order chi connectivity index (χ0) is 20.3. The Hall–Kier alpha value is -2.75. The van der Waals surface area contributed by atoms with Gasteiger partial charge >= 0.3 is 12.2 Å². The molecule has 0 unspecified atom stereocenters. The van der Waals surface area contributed by atoms with Gasteiger partial charge in [-0.15, -0.1) is 0 Å². The number of nitrogens with zero attached hydrogens (tertiary/aromatic N) is 2. The van der Waals surface area contributed by atoms with Crippen molar-refractivity contribution in [2.45, 2.75) is 25.1 Å². The summed E-state index contributed by atoms with van der Waals surface area (Å²) < 4.78 is 44.2. The van der Waals surface area contributed by atoms with Crippen molar-refractivity contribution in [3.05, 3.63) is 51.4 Å². The van der Waals surface area contributed by atoms with E-state index in [1.165, 1.54) is 17.2 Å². The zero-order valence-electron chi connectivity index (χ0n) is 14.4. The molecule has 150 valence electrons. The highest BCUT2D eigenvalue weighted by atomic mass is 35.5. The minimum atomic E-state index is -4.49. The van der Waals surface area contributed by atoms with Crippen LogP contribution < -0.4 is 15.6 Å². The maximum absolute atomic E-state index is 12.8. The molecule has 1 aliphatic heterocycles. The van der Waals surface area contributed by atoms with Crippen molar-refractivity contribution >= 4 is 23.3 Å². The second kappa shape index (κ2) is 8.09. The molecule has 0 saturated carbocycles. The summed E-state index contributed by atoms with van der Waals surface area (Å²) >= 11 is 5.95. The number of carbonyl (C=O) groups is 1. The van der Waals surface area contributed by atoms with Crippen LogP contribution in [0.3, 0.4) is 0 Å². The molecule has 0 spiro atoms. The molecule has 11 heteroatoms. The van der Waals surface area contributed by atoms with E-state index in [1.807, 2.05) is 0 Å². The van der Waals surface area contributed by atoms with E-state index in [2.05, 4.69) is 15.5 Å². The zero-order valence-corrected chi connectivity index (χ0v) is 15.2. The van der Waals surface area contributed by atoms with Crippen LogP contribution in [-0.2, 0) is 6.18 Å². The largest absolute Gasteiger partial charge is 0.489 e. The highest BCUT2D eigenvalue weighted by Gasteiger charge is 2.32. The Morgan fingerprint density at radius 1 is 1.29 bits per heavy atom. The number of hydrogen-bond acceptors (Lipinski definition) is 4. The quantitative estimate of drug-likeness (QED) is 0.801. The van der Waals surface area contributed by atoms with Crippen LogP contribution in [0.2, 0.25) is 5.02 Å². The van der Waals surface area contributed by atoms with E-state index in [-0.39, 0.29) is 22.6 Å². The predicted molar refractivity (Wildman–Crippen MR) is 95.6 cm³/mol. The Morgan fingerprint density at radius 3 is 2.64 bits per heavy atom. The number of anilines is 1. The van der Waals surface area contributed by atoms with Gasteiger partial charge in [0, 0.05) is 32.1 Å². The van der Waals surface area contributed by atoms with Crippen molar-refractivity contribution in [2.75, 3.05) is 18.4 Å². The van der Waals surface area contributed by atoms with Crippen LogP contribution in [0, 0.1) is 0 Å². The van der Waals surface area contributed by atoms with Crippen molar-refractivity contribution in [1.82, 2.24) is 15.1 Å². The van der Waals surface area contributed by atoms with Gasteiger partial charge in [0.25, 0.3) is 5.56 Å². The molecule has 0 radical (unpaired) electrons. The fourth-order valence-electron chi connectivity index (χ4n) is 2.76. The van der Waals surface area contributed by atoms with Gasteiger partial charge in [0.05, 0.1) is 10.6 Å². The SMILES string of the molecule is O=C(Nc1ccn[nH]c1=O)N1CCC(Oc2cc(C(F)(F)F)ccc2Cl)CC1. The number of hydrogen-bond donors (Lipinski definition) is 2. The minimum absolute atomic E-state index is 0.0392. The molecule has 0 aliphatic carbocycles. The highest BCUT2D eigenvalue weighted by molar-refractivity contribution is 6.32. The van der Waals surface area contributed by atoms with E-state index >= 15 is 0 Å². The molecule has 1 aromatic heterocycles. The Labute approximate surface area is 162 Å². The standard InChI is InChI=1S/C17H16ClF3N4O3/c18-12-2-1-10(17(19,20)21)9-14(12)28-11-4-7-25(8-5-11)16(27)23-13-3-6-22-24-15(13)26/h1-3,6,9,11H,4-5,7-8H2,(H,24,26)(H,22,23,27). The van der Waals surface area contributed by atoms with Crippen LogP contribution in [0.25, 0.3) is 0 Å². The predicted octanol–water partition coefficient (Wildman–Crippen LogP) is 3.52. The number of urea groups is 1. The number of aromatic amines is 1. The molecule has 3 rings (SSSR count). The van der Waals surface area contributed by atoms with Crippen molar-refractivity contribution in [3.8, 4) is 5.75 Å². The number of H-pyrrole nitrogens is 1. The molecule has 1 aliphatic rings. The van der Waals surface area contributed by atoms with E-state index in [0.29, 0.717) is 25.9 Å². The van der Waals surface area contributed by atoms with Gasteiger partial charge < -0.3 is 15.0 Å². The number of benzene rings is 1. The fourth-order valence-corrected chi connectivity index (χ4v) is 2.92. The van der Waals surface area contributed by atoms with Gasteiger partial charge in [-0.05, 0) is 24.3 Å². The van der Waals surface area contributed by atoms with Crippen molar-refractivity contribution in [2.24, 2.45) is 0 Å². The first-order valence-electron chi connectivity index (χ1n) is 8.37. The Bertz CT molecular complexity index is 911. The second-order valence-corrected chi connectivity index (χ2v) is 6.58. The van der Waals surface area contributed by atoms with Crippen LogP contribution in [0.4, 0.5) is 23.7 Å². The summed E-state index contributed by atoms with van der Waals surface area (Å²) in [6.07, 6.45) is -2.71. The average Bonchev–Trinajstić information content (AvgIpc) is 2.65. The number of likely N-dealkylation sites (tertiary alicyclic amines) is 1. The molecule has 0 bridgehead atoms. The first-order chi connectivity index (χ1) is 13.2. The highest BCUT2D eigenvalue weighted by Crippen LogP contribution is 2.36. The summed E-state index contributed by atoms with van der Waals surface area (Å²) in [6, 6.07) is 3.84. The molecule has 1 aromatic carbocycles. The smallest absolute Gasteiger partial charge is 0.416 e. The van der Waals surface area contributed by atoms with Crippen molar-refractivity contribution in [3.63, 3.8) is 0 Å². The van der Waals surface area contributed by atoms with Crippen molar-refractivity contribution < 1.29 is 22.7 Å². The molecule has 2 amide bonds. The monoisotopic (exact) mass is 416 g/mol. The molecule has 0 atom stereocenters. The van der Waals surface area contributed by atoms with E-state index in [1.54, 1.807) is 0 Å². The van der Waals surface area contributed by atoms with Crippen LogP contribution in [0.5, 0.6) is 5.75 Å². The molecular weight excluding hydrogens is 401 g/mol. The number of rotatable bonds is 3. The Balaban J connectivity index is 1.58. The van der Waals surface area contributed by atoms with Gasteiger partial charge in [-0.3, -0.25) is 4.79 Å². The molecule has 1 saturated heterocycles. The summed E-state index contributed by atoms with van der Waals surface area (Å²) in [6.45, 7) is 0.631. The number of alkyl halides is 3. The third-order valence-electron chi connectivity index (χ3n) is 4.25. The number of carbonyl (C=O) groups excluding carboxylic acids is 1. The minimum Gasteiger partial charge on any atom is -0.489 e. The lowest BCUT2D eigenvalue weighted by molar-refractivity contribution is -0.137. The number of aromatic nitrogens is 2. The number of piperidine rings is 1. The van der Waals surface area contributed by atoms with E-state index in [4.69, 9.17) is 16.3 Å². The number of halogens is 4. The summed E-state index contributed by atoms with van der Waals surface area (Å²) in [7, 11) is 0. The number of amides is 2. The lowest BCUT2D eigenvalue weighted by Crippen LogP contribution is -2.44. The fraction of sp³-hybridized carbons (Fsp3) is 0.353. The summed E-state index contributed by atoms with van der Waals surface area (Å²) in [4.78, 5) is 25.3. The van der Waals surface area contributed by atoms with Gasteiger partial charge in [-0.2, -0.15) is 18.3 Å². The van der Waals surface area contributed by atoms with Crippen LogP contribution in [0.1, 0.15) is 18.4 Å². The lowest BCUT2D eigenvalue weighted by atomic mass is 10.1. The van der Waals surface area contributed by atoms with Crippen LogP contribution in [0.15, 0.2) is 35.3 Å². The van der Waals surface area contributed by atoms with E-state index in [0.717, 1.165) is 18.2 Å². The average molecular weight is 417 g/mol. The first kappa shape index (κ1) is 20.0. The maximum Gasteiger partial charge on any atom is 0.416 e. The summed E-state index contributed by atoms with van der Waals surface area (Å²) in [5.74, 6) is -0.0392. The molecule has 2 N–H and O–H groups in total. The third-order valence-corrected chi connectivity index (χ3v) is 4.56. The lowest BCUT2D eigenvalue weighted by Gasteiger charge is -2.32. The van der Waals surface area contributed by atoms with Gasteiger partial charge in [0.2, 0.25) is 0 Å². The molecule has 28 heavy (non-hydrogen) atoms. The molecular formula is C17H16ClF3N4O3. The summed E-state index contributed by atoms with van der Waals surface area (Å²) in [5, 5.41) is 8.34. The van der Waals surface area contributed by atoms with Gasteiger partial charge in [0.15, 0.2) is 0 Å². The van der Waals surface area contributed by atoms with Gasteiger partial charge in [-0.25, -0.2) is 9.89 Å². The molecule has 2 aromatic rings. The van der Waals surface area contributed by atoms with Crippen LogP contribution >= 0.6 is 11.6 Å². The maximum atomic E-state index is 12.8. The Kier molecular flexibility index (Phi) is 5.78. The number of ether oxygens (including phenoxy) is 1. The third kappa shape index (κ3) is 4.75. The molecule has 2 heterocycles. The number of nitrogens with one attached hydrogen (secondary N) is 2. The molecule has 1 fully saturated rings. The normalized spacial score (nSPS) is 15.4. The van der Waals surface area contributed by atoms with E-state index < -0.39 is 23.3 Å².